The Morgan fingerprint density at radius 1 is 0.969 bits per heavy atom. The number of ether oxygens (including phenoxy) is 1. The zero-order chi connectivity index (χ0) is 22.1. The third kappa shape index (κ3) is 3.74. The Balaban J connectivity index is 1.47. The van der Waals surface area contributed by atoms with Crippen LogP contribution in [-0.2, 0) is 20.9 Å². The van der Waals surface area contributed by atoms with Crippen LogP contribution in [0.15, 0.2) is 33.5 Å². The van der Waals surface area contributed by atoms with Crippen molar-refractivity contribution in [2.24, 2.45) is 5.41 Å². The van der Waals surface area contributed by atoms with Crippen molar-refractivity contribution in [1.82, 2.24) is 14.4 Å². The number of hydrogen-bond acceptors (Lipinski definition) is 5. The number of nitrogens with zero attached hydrogens (tertiary/aromatic N) is 3. The van der Waals surface area contributed by atoms with Gasteiger partial charge in [-0.2, -0.15) is 0 Å². The fraction of sp³-hybridized carbons (Fsp3) is 0.625. The lowest BCUT2D eigenvalue weighted by molar-refractivity contribution is -0.162. The van der Waals surface area contributed by atoms with Crippen molar-refractivity contribution >= 4 is 22.9 Å². The van der Waals surface area contributed by atoms with Crippen LogP contribution in [0.2, 0.25) is 0 Å². The lowest BCUT2D eigenvalue weighted by Crippen LogP contribution is -2.63. The molecule has 0 aliphatic carbocycles. The van der Waals surface area contributed by atoms with Gasteiger partial charge in [-0.1, -0.05) is 12.1 Å². The minimum atomic E-state index is -0.545. The lowest BCUT2D eigenvalue weighted by Gasteiger charge is -2.52. The molecule has 3 aliphatic heterocycles. The van der Waals surface area contributed by atoms with E-state index in [0.717, 1.165) is 58.0 Å². The molecule has 3 saturated heterocycles. The third-order valence-electron chi connectivity index (χ3n) is 7.54. The molecule has 1 aromatic carbocycles. The Kier molecular flexibility index (Phi) is 5.80. The van der Waals surface area contributed by atoms with Gasteiger partial charge in [0.25, 0.3) is 0 Å². The van der Waals surface area contributed by atoms with Crippen LogP contribution >= 0.6 is 0 Å². The second-order valence-electron chi connectivity index (χ2n) is 9.38. The molecule has 4 heterocycles. The van der Waals surface area contributed by atoms with Crippen molar-refractivity contribution in [3.63, 3.8) is 0 Å². The van der Waals surface area contributed by atoms with E-state index < -0.39 is 11.8 Å². The second kappa shape index (κ2) is 8.73. The molecule has 0 saturated carbocycles. The van der Waals surface area contributed by atoms with E-state index in [1.54, 1.807) is 23.1 Å². The molecule has 5 rings (SSSR count). The molecule has 3 fully saturated rings. The van der Waals surface area contributed by atoms with Crippen LogP contribution in [0, 0.1) is 5.41 Å². The fourth-order valence-corrected chi connectivity index (χ4v) is 5.84. The molecular formula is C24H31N3O5. The summed E-state index contributed by atoms with van der Waals surface area (Å²) in [7, 11) is 0. The van der Waals surface area contributed by atoms with Crippen molar-refractivity contribution in [2.75, 3.05) is 32.8 Å². The summed E-state index contributed by atoms with van der Waals surface area (Å²) in [5.41, 5.74) is 0.817. The van der Waals surface area contributed by atoms with Gasteiger partial charge >= 0.3 is 5.76 Å². The number of carbonyl (C=O) groups excluding carboxylic acids is 2. The average Bonchev–Trinajstić information content (AvgIpc) is 3.14. The minimum absolute atomic E-state index is 0.0732. The molecule has 32 heavy (non-hydrogen) atoms. The van der Waals surface area contributed by atoms with Gasteiger partial charge in [0.15, 0.2) is 5.58 Å². The largest absolute Gasteiger partial charge is 0.420 e. The smallest absolute Gasteiger partial charge is 0.408 e. The molecule has 2 aromatic rings. The van der Waals surface area contributed by atoms with Gasteiger partial charge in [-0.05, 0) is 57.1 Å². The molecule has 1 aromatic heterocycles. The van der Waals surface area contributed by atoms with E-state index in [2.05, 4.69) is 0 Å². The Morgan fingerprint density at radius 2 is 1.72 bits per heavy atom. The van der Waals surface area contributed by atoms with Crippen LogP contribution in [0.1, 0.15) is 44.9 Å². The SMILES string of the molecule is O=C(C1N(C(=O)Cn2c(=O)oc3ccccc32)CCCC12CCOCC2)N1CCCCC1. The molecule has 0 N–H and O–H groups in total. The summed E-state index contributed by atoms with van der Waals surface area (Å²) < 4.78 is 12.3. The van der Waals surface area contributed by atoms with E-state index in [1.807, 2.05) is 11.0 Å². The van der Waals surface area contributed by atoms with Gasteiger partial charge in [0.1, 0.15) is 12.6 Å². The van der Waals surface area contributed by atoms with Gasteiger partial charge in [-0.25, -0.2) is 4.79 Å². The van der Waals surface area contributed by atoms with Crippen molar-refractivity contribution in [2.45, 2.75) is 57.5 Å². The molecule has 1 atom stereocenters. The van der Waals surface area contributed by atoms with E-state index in [1.165, 1.54) is 4.57 Å². The van der Waals surface area contributed by atoms with Gasteiger partial charge in [0, 0.05) is 38.3 Å². The van der Waals surface area contributed by atoms with Crippen LogP contribution in [0.5, 0.6) is 0 Å². The summed E-state index contributed by atoms with van der Waals surface area (Å²) in [5.74, 6) is -0.667. The van der Waals surface area contributed by atoms with Crippen LogP contribution in [-0.4, -0.2) is 65.1 Å². The van der Waals surface area contributed by atoms with Crippen molar-refractivity contribution in [3.8, 4) is 0 Å². The van der Waals surface area contributed by atoms with Crippen LogP contribution in [0.3, 0.4) is 0 Å². The Bertz CT molecular complexity index is 1040. The highest BCUT2D eigenvalue weighted by molar-refractivity contribution is 5.89. The molecule has 0 radical (unpaired) electrons. The first-order chi connectivity index (χ1) is 15.6. The van der Waals surface area contributed by atoms with Gasteiger partial charge in [-0.3, -0.25) is 14.2 Å². The highest BCUT2D eigenvalue weighted by atomic mass is 16.5. The monoisotopic (exact) mass is 441 g/mol. The van der Waals surface area contributed by atoms with E-state index in [9.17, 15) is 14.4 Å². The standard InChI is InChI=1S/C24H31N3O5/c28-20(17-27-18-7-2-3-8-19(18)32-23(27)30)26-14-6-9-24(10-15-31-16-11-24)21(26)22(29)25-12-4-1-5-13-25/h2-3,7-8,21H,1,4-6,9-17H2. The van der Waals surface area contributed by atoms with E-state index in [0.29, 0.717) is 30.9 Å². The number of para-hydroxylation sites is 2. The molecule has 3 aliphatic rings. The number of amides is 2. The topological polar surface area (TPSA) is 85.0 Å². The predicted octanol–water partition coefficient (Wildman–Crippen LogP) is 2.39. The molecule has 8 heteroatoms. The first-order valence-corrected chi connectivity index (χ1v) is 11.8. The van der Waals surface area contributed by atoms with Crippen LogP contribution in [0.4, 0.5) is 0 Å². The number of rotatable bonds is 3. The summed E-state index contributed by atoms with van der Waals surface area (Å²) >= 11 is 0. The molecule has 2 amide bonds. The first-order valence-electron chi connectivity index (χ1n) is 11.8. The highest BCUT2D eigenvalue weighted by Gasteiger charge is 2.51. The minimum Gasteiger partial charge on any atom is -0.408 e. The number of likely N-dealkylation sites (tertiary alicyclic amines) is 2. The van der Waals surface area contributed by atoms with Gasteiger partial charge < -0.3 is 19.0 Å². The number of fused-ring (bicyclic) bond motifs is 1. The van der Waals surface area contributed by atoms with E-state index in [4.69, 9.17) is 9.15 Å². The Morgan fingerprint density at radius 3 is 2.50 bits per heavy atom. The summed E-state index contributed by atoms with van der Waals surface area (Å²) in [4.78, 5) is 43.6. The lowest BCUT2D eigenvalue weighted by atomic mass is 9.67. The van der Waals surface area contributed by atoms with Crippen molar-refractivity contribution in [1.29, 1.82) is 0 Å². The number of hydrogen-bond donors (Lipinski definition) is 0. The molecular weight excluding hydrogens is 410 g/mol. The number of benzene rings is 1. The molecule has 1 spiro atoms. The maximum Gasteiger partial charge on any atom is 0.420 e. The second-order valence-corrected chi connectivity index (χ2v) is 9.38. The van der Waals surface area contributed by atoms with Crippen LogP contribution < -0.4 is 5.76 Å². The number of oxazole rings is 1. The first kappa shape index (κ1) is 21.2. The summed E-state index contributed by atoms with van der Waals surface area (Å²) in [6, 6.07) is 6.63. The fourth-order valence-electron chi connectivity index (χ4n) is 5.84. The number of aromatic nitrogens is 1. The molecule has 8 nitrogen and oxygen atoms in total. The molecule has 1 unspecified atom stereocenters. The Labute approximate surface area is 187 Å². The maximum absolute atomic E-state index is 13.8. The van der Waals surface area contributed by atoms with E-state index in [-0.39, 0.29) is 23.8 Å². The van der Waals surface area contributed by atoms with Crippen molar-refractivity contribution < 1.29 is 18.7 Å². The average molecular weight is 442 g/mol. The molecule has 0 bridgehead atoms. The Hall–Kier alpha value is -2.61. The van der Waals surface area contributed by atoms with Gasteiger partial charge in [0.05, 0.1) is 5.52 Å². The highest BCUT2D eigenvalue weighted by Crippen LogP contribution is 2.45. The number of piperidine rings is 2. The van der Waals surface area contributed by atoms with Crippen molar-refractivity contribution in [3.05, 3.63) is 34.8 Å². The molecule has 172 valence electrons. The summed E-state index contributed by atoms with van der Waals surface area (Å²) in [5, 5.41) is 0. The summed E-state index contributed by atoms with van der Waals surface area (Å²) in [6.45, 7) is 3.18. The van der Waals surface area contributed by atoms with Gasteiger partial charge in [-0.15, -0.1) is 0 Å². The van der Waals surface area contributed by atoms with Gasteiger partial charge in [0.2, 0.25) is 11.8 Å². The summed E-state index contributed by atoms with van der Waals surface area (Å²) in [6.07, 6.45) is 6.53. The quantitative estimate of drug-likeness (QED) is 0.730. The predicted molar refractivity (Wildman–Crippen MR) is 118 cm³/mol. The maximum atomic E-state index is 13.8. The normalized spacial score (nSPS) is 23.6. The van der Waals surface area contributed by atoms with Crippen LogP contribution in [0.25, 0.3) is 11.1 Å². The number of carbonyl (C=O) groups is 2. The third-order valence-corrected chi connectivity index (χ3v) is 7.54. The zero-order valence-electron chi connectivity index (χ0n) is 18.5. The zero-order valence-corrected chi connectivity index (χ0v) is 18.5. The van der Waals surface area contributed by atoms with E-state index >= 15 is 0 Å².